The van der Waals surface area contributed by atoms with E-state index in [1.165, 1.54) is 20.1 Å². The van der Waals surface area contributed by atoms with E-state index >= 15 is 0 Å². The molecule has 0 saturated carbocycles. The molecule has 0 atom stereocenters. The van der Waals surface area contributed by atoms with Gasteiger partial charge in [0.05, 0.1) is 12.8 Å². The summed E-state index contributed by atoms with van der Waals surface area (Å²) in [6.45, 7) is 3.15. The lowest BCUT2D eigenvalue weighted by Crippen LogP contribution is -2.07. The Hall–Kier alpha value is -1.71. The second-order valence-electron chi connectivity index (χ2n) is 2.97. The number of hydrogen-bond donors (Lipinski definition) is 2. The van der Waals surface area contributed by atoms with Gasteiger partial charge in [0.25, 0.3) is 0 Å². The van der Waals surface area contributed by atoms with Crippen LogP contribution in [0.2, 0.25) is 0 Å². The molecule has 1 amide bonds. The van der Waals surface area contributed by atoms with Gasteiger partial charge < -0.3 is 15.2 Å². The van der Waals surface area contributed by atoms with Crippen LogP contribution in [0, 0.1) is 6.92 Å². The van der Waals surface area contributed by atoms with E-state index in [1.807, 2.05) is 0 Å². The quantitative estimate of drug-likeness (QED) is 0.706. The van der Waals surface area contributed by atoms with Crippen LogP contribution in [0.1, 0.15) is 12.5 Å². The molecule has 4 nitrogen and oxygen atoms in total. The number of benzene rings is 1. The van der Waals surface area contributed by atoms with Crippen LogP contribution < -0.4 is 10.1 Å². The molecule has 2 N–H and O–H groups in total. The molecule has 0 unspecified atom stereocenters. The molecule has 0 saturated heterocycles. The van der Waals surface area contributed by atoms with Gasteiger partial charge in [-0.3, -0.25) is 4.79 Å². The van der Waals surface area contributed by atoms with Crippen molar-refractivity contribution >= 4 is 11.6 Å². The summed E-state index contributed by atoms with van der Waals surface area (Å²) in [5.74, 6) is 0.446. The predicted molar refractivity (Wildman–Crippen MR) is 53.7 cm³/mol. The molecule has 0 aliphatic carbocycles. The Bertz CT molecular complexity index is 361. The fraction of sp³-hybridized carbons (Fsp3) is 0.300. The number of phenols is 1. The zero-order valence-corrected chi connectivity index (χ0v) is 8.42. The monoisotopic (exact) mass is 195 g/mol. The molecule has 1 aromatic carbocycles. The van der Waals surface area contributed by atoms with Gasteiger partial charge in [-0.1, -0.05) is 0 Å². The van der Waals surface area contributed by atoms with E-state index in [0.29, 0.717) is 17.0 Å². The van der Waals surface area contributed by atoms with Crippen molar-refractivity contribution in [2.24, 2.45) is 0 Å². The van der Waals surface area contributed by atoms with Gasteiger partial charge in [-0.25, -0.2) is 0 Å². The van der Waals surface area contributed by atoms with E-state index in [4.69, 9.17) is 4.74 Å². The first-order valence-electron chi connectivity index (χ1n) is 4.20. The summed E-state index contributed by atoms with van der Waals surface area (Å²) < 4.78 is 5.06. The molecule has 0 heterocycles. The summed E-state index contributed by atoms with van der Waals surface area (Å²) >= 11 is 0. The van der Waals surface area contributed by atoms with Crippen molar-refractivity contribution in [3.05, 3.63) is 17.7 Å². The summed E-state index contributed by atoms with van der Waals surface area (Å²) in [5.41, 5.74) is 1.11. The van der Waals surface area contributed by atoms with Gasteiger partial charge in [-0.15, -0.1) is 0 Å². The second kappa shape index (κ2) is 4.00. The third-order valence-electron chi connectivity index (χ3n) is 1.91. The van der Waals surface area contributed by atoms with Crippen LogP contribution in [0.4, 0.5) is 5.69 Å². The minimum absolute atomic E-state index is 0.0403. The van der Waals surface area contributed by atoms with E-state index in [1.54, 1.807) is 13.0 Å². The standard InChI is InChI=1S/C10H13NO3/c1-6-9(14-3)5-4-8(13)10(6)11-7(2)12/h4-5,13H,1-3H3,(H,11,12). The largest absolute Gasteiger partial charge is 0.506 e. The van der Waals surface area contributed by atoms with Crippen LogP contribution >= 0.6 is 0 Å². The zero-order valence-electron chi connectivity index (χ0n) is 8.42. The number of rotatable bonds is 2. The molecule has 0 radical (unpaired) electrons. The van der Waals surface area contributed by atoms with E-state index in [0.717, 1.165) is 0 Å². The van der Waals surface area contributed by atoms with E-state index < -0.39 is 0 Å². The first-order valence-corrected chi connectivity index (χ1v) is 4.20. The fourth-order valence-corrected chi connectivity index (χ4v) is 1.23. The normalized spacial score (nSPS) is 9.64. The number of hydrogen-bond acceptors (Lipinski definition) is 3. The highest BCUT2D eigenvalue weighted by Crippen LogP contribution is 2.33. The van der Waals surface area contributed by atoms with Gasteiger partial charge in [0, 0.05) is 12.5 Å². The van der Waals surface area contributed by atoms with E-state index in [2.05, 4.69) is 5.32 Å². The third kappa shape index (κ3) is 1.96. The average molecular weight is 195 g/mol. The summed E-state index contributed by atoms with van der Waals surface area (Å²) in [6, 6.07) is 3.13. The highest BCUT2D eigenvalue weighted by molar-refractivity contribution is 5.91. The Balaban J connectivity index is 3.18. The number of phenolic OH excluding ortho intramolecular Hbond substituents is 1. The summed E-state index contributed by atoms with van der Waals surface area (Å²) in [4.78, 5) is 10.9. The van der Waals surface area contributed by atoms with Crippen molar-refractivity contribution in [2.45, 2.75) is 13.8 Å². The number of methoxy groups -OCH3 is 1. The number of aromatic hydroxyl groups is 1. The number of nitrogens with one attached hydrogen (secondary N) is 1. The number of carbonyl (C=O) groups is 1. The fourth-order valence-electron chi connectivity index (χ4n) is 1.23. The van der Waals surface area contributed by atoms with Crippen molar-refractivity contribution < 1.29 is 14.6 Å². The van der Waals surface area contributed by atoms with Gasteiger partial charge in [0.15, 0.2) is 0 Å². The predicted octanol–water partition coefficient (Wildman–Crippen LogP) is 1.67. The van der Waals surface area contributed by atoms with Crippen molar-refractivity contribution in [3.63, 3.8) is 0 Å². The Morgan fingerprint density at radius 2 is 2.14 bits per heavy atom. The molecule has 1 rings (SSSR count). The summed E-state index contributed by atoms with van der Waals surface area (Å²) in [5, 5.41) is 12.0. The molecule has 0 aliphatic rings. The topological polar surface area (TPSA) is 58.6 Å². The number of anilines is 1. The van der Waals surface area contributed by atoms with E-state index in [9.17, 15) is 9.90 Å². The van der Waals surface area contributed by atoms with Gasteiger partial charge in [-0.05, 0) is 19.1 Å². The van der Waals surface area contributed by atoms with Crippen LogP contribution in [0.25, 0.3) is 0 Å². The molecule has 1 aromatic rings. The maximum absolute atomic E-state index is 10.9. The maximum Gasteiger partial charge on any atom is 0.221 e. The van der Waals surface area contributed by atoms with Crippen LogP contribution in [-0.2, 0) is 4.79 Å². The molecule has 14 heavy (non-hydrogen) atoms. The molecule has 0 aromatic heterocycles. The first-order chi connectivity index (χ1) is 6.56. The number of carbonyl (C=O) groups excluding carboxylic acids is 1. The highest BCUT2D eigenvalue weighted by Gasteiger charge is 2.10. The smallest absolute Gasteiger partial charge is 0.221 e. The van der Waals surface area contributed by atoms with Crippen molar-refractivity contribution in [1.29, 1.82) is 0 Å². The number of amides is 1. The SMILES string of the molecule is COc1ccc(O)c(NC(C)=O)c1C. The lowest BCUT2D eigenvalue weighted by atomic mass is 10.1. The Morgan fingerprint density at radius 1 is 1.50 bits per heavy atom. The lowest BCUT2D eigenvalue weighted by Gasteiger charge is -2.12. The van der Waals surface area contributed by atoms with Crippen LogP contribution in [0.3, 0.4) is 0 Å². The van der Waals surface area contributed by atoms with Crippen molar-refractivity contribution in [1.82, 2.24) is 0 Å². The zero-order chi connectivity index (χ0) is 10.7. The lowest BCUT2D eigenvalue weighted by molar-refractivity contribution is -0.114. The van der Waals surface area contributed by atoms with Crippen LogP contribution in [0.15, 0.2) is 12.1 Å². The maximum atomic E-state index is 10.9. The molecule has 0 fully saturated rings. The summed E-state index contributed by atoms with van der Waals surface area (Å²) in [7, 11) is 1.54. The molecular formula is C10H13NO3. The van der Waals surface area contributed by atoms with Crippen molar-refractivity contribution in [3.8, 4) is 11.5 Å². The Labute approximate surface area is 82.5 Å². The molecular weight excluding hydrogens is 182 g/mol. The minimum atomic E-state index is -0.225. The molecule has 0 bridgehead atoms. The molecule has 0 aliphatic heterocycles. The van der Waals surface area contributed by atoms with Crippen molar-refractivity contribution in [2.75, 3.05) is 12.4 Å². The van der Waals surface area contributed by atoms with Gasteiger partial charge >= 0.3 is 0 Å². The van der Waals surface area contributed by atoms with E-state index in [-0.39, 0.29) is 11.7 Å². The minimum Gasteiger partial charge on any atom is -0.506 e. The van der Waals surface area contributed by atoms with Crippen LogP contribution in [-0.4, -0.2) is 18.1 Å². The summed E-state index contributed by atoms with van der Waals surface area (Å²) in [6.07, 6.45) is 0. The third-order valence-corrected chi connectivity index (χ3v) is 1.91. The Morgan fingerprint density at radius 3 is 2.64 bits per heavy atom. The van der Waals surface area contributed by atoms with Gasteiger partial charge in [0.2, 0.25) is 5.91 Å². The number of ether oxygens (including phenoxy) is 1. The first kappa shape index (κ1) is 10.4. The van der Waals surface area contributed by atoms with Gasteiger partial charge in [-0.2, -0.15) is 0 Å². The molecule has 4 heteroatoms. The molecule has 76 valence electrons. The Kier molecular flexibility index (Phi) is 2.96. The van der Waals surface area contributed by atoms with Crippen LogP contribution in [0.5, 0.6) is 11.5 Å². The second-order valence-corrected chi connectivity index (χ2v) is 2.97. The average Bonchev–Trinajstić information content (AvgIpc) is 2.12. The molecule has 0 spiro atoms. The van der Waals surface area contributed by atoms with Gasteiger partial charge in [0.1, 0.15) is 11.5 Å². The highest BCUT2D eigenvalue weighted by atomic mass is 16.5.